The van der Waals surface area contributed by atoms with Gasteiger partial charge in [0, 0.05) is 6.07 Å². The average Bonchev–Trinajstić information content (AvgIpc) is 2.37. The zero-order chi connectivity index (χ0) is 13.1. The van der Waals surface area contributed by atoms with Crippen LogP contribution in [0.15, 0.2) is 51.4 Å². The molecule has 0 heterocycles. The van der Waals surface area contributed by atoms with Crippen LogP contribution in [0, 0.1) is 0 Å². The Morgan fingerprint density at radius 3 is 2.39 bits per heavy atom. The van der Waals surface area contributed by atoms with Gasteiger partial charge in [-0.2, -0.15) is 0 Å². The maximum absolute atomic E-state index is 11.8. The van der Waals surface area contributed by atoms with Crippen LogP contribution in [0.3, 0.4) is 0 Å². The lowest BCUT2D eigenvalue weighted by Gasteiger charge is -2.08. The van der Waals surface area contributed by atoms with E-state index in [0.717, 1.165) is 0 Å². The van der Waals surface area contributed by atoms with Gasteiger partial charge in [0.15, 0.2) is 0 Å². The summed E-state index contributed by atoms with van der Waals surface area (Å²) in [6.07, 6.45) is 0. The molecule has 0 aliphatic rings. The molecule has 0 atom stereocenters. The van der Waals surface area contributed by atoms with E-state index in [1.165, 1.54) is 6.07 Å². The second-order valence-corrected chi connectivity index (χ2v) is 5.20. The van der Waals surface area contributed by atoms with Gasteiger partial charge in [-0.3, -0.25) is 0 Å². The molecule has 0 aliphatic heterocycles. The van der Waals surface area contributed by atoms with Gasteiger partial charge in [-0.05, 0) is 50.1 Å². The lowest BCUT2D eigenvalue weighted by atomic mass is 10.2. The summed E-state index contributed by atoms with van der Waals surface area (Å²) < 4.78 is 6.30. The number of benzene rings is 2. The lowest BCUT2D eigenvalue weighted by Crippen LogP contribution is -2.08. The van der Waals surface area contributed by atoms with Crippen molar-refractivity contribution in [3.8, 4) is 11.5 Å². The number of hydrogen-bond acceptors (Lipinski definition) is 3. The van der Waals surface area contributed by atoms with Gasteiger partial charge in [-0.15, -0.1) is 0 Å². The predicted molar refractivity (Wildman–Crippen MR) is 74.9 cm³/mol. The number of esters is 1. The van der Waals surface area contributed by atoms with Crippen LogP contribution in [-0.2, 0) is 0 Å². The molecule has 0 radical (unpaired) electrons. The van der Waals surface area contributed by atoms with Gasteiger partial charge in [-0.1, -0.05) is 18.2 Å². The van der Waals surface area contributed by atoms with Crippen LogP contribution in [0.4, 0.5) is 0 Å². The number of ether oxygens (including phenoxy) is 1. The van der Waals surface area contributed by atoms with Gasteiger partial charge in [0.05, 0.1) is 14.5 Å². The minimum Gasteiger partial charge on any atom is -0.507 e. The monoisotopic (exact) mass is 370 g/mol. The van der Waals surface area contributed by atoms with Crippen LogP contribution < -0.4 is 4.74 Å². The molecule has 2 aromatic carbocycles. The standard InChI is InChI=1S/C13H8Br2O3/c14-9-6-10(15)12(7-11(9)16)18-13(17)8-4-2-1-3-5-8/h1-7,16H. The Bertz CT molecular complexity index is 582. The van der Waals surface area contributed by atoms with E-state index in [0.29, 0.717) is 14.5 Å². The Hall–Kier alpha value is -1.33. The van der Waals surface area contributed by atoms with Gasteiger partial charge in [0.25, 0.3) is 0 Å². The van der Waals surface area contributed by atoms with Crippen molar-refractivity contribution in [2.45, 2.75) is 0 Å². The van der Waals surface area contributed by atoms with E-state index in [1.54, 1.807) is 30.3 Å². The summed E-state index contributed by atoms with van der Waals surface area (Å²) in [6.45, 7) is 0. The largest absolute Gasteiger partial charge is 0.507 e. The first-order chi connectivity index (χ1) is 8.58. The normalized spacial score (nSPS) is 10.1. The number of aromatic hydroxyl groups is 1. The van der Waals surface area contributed by atoms with Gasteiger partial charge in [-0.25, -0.2) is 4.79 Å². The van der Waals surface area contributed by atoms with Crippen LogP contribution in [0.1, 0.15) is 10.4 Å². The van der Waals surface area contributed by atoms with Crippen LogP contribution in [0.25, 0.3) is 0 Å². The Morgan fingerprint density at radius 2 is 1.72 bits per heavy atom. The first kappa shape index (κ1) is 13.1. The SMILES string of the molecule is O=C(Oc1cc(O)c(Br)cc1Br)c1ccccc1. The Labute approximate surface area is 121 Å². The zero-order valence-electron chi connectivity index (χ0n) is 9.06. The maximum atomic E-state index is 11.8. The zero-order valence-corrected chi connectivity index (χ0v) is 12.2. The average molecular weight is 372 g/mol. The molecule has 2 rings (SSSR count). The van der Waals surface area contributed by atoms with E-state index < -0.39 is 5.97 Å². The van der Waals surface area contributed by atoms with Gasteiger partial charge < -0.3 is 9.84 Å². The Kier molecular flexibility index (Phi) is 4.04. The minimum absolute atomic E-state index is 0.00839. The third-order valence-corrected chi connectivity index (χ3v) is 3.47. The number of carbonyl (C=O) groups is 1. The summed E-state index contributed by atoms with van der Waals surface area (Å²) in [5.74, 6) is -0.198. The van der Waals surface area contributed by atoms with Gasteiger partial charge in [0.2, 0.25) is 0 Å². The molecule has 2 aromatic rings. The van der Waals surface area contributed by atoms with Crippen molar-refractivity contribution in [2.24, 2.45) is 0 Å². The van der Waals surface area contributed by atoms with Crippen molar-refractivity contribution in [1.29, 1.82) is 0 Å². The van der Waals surface area contributed by atoms with E-state index in [2.05, 4.69) is 31.9 Å². The Morgan fingerprint density at radius 1 is 1.06 bits per heavy atom. The first-order valence-electron chi connectivity index (χ1n) is 5.03. The van der Waals surface area contributed by atoms with Crippen molar-refractivity contribution >= 4 is 37.8 Å². The van der Waals surface area contributed by atoms with E-state index in [9.17, 15) is 9.90 Å². The molecule has 0 fully saturated rings. The molecule has 0 spiro atoms. The molecule has 5 heteroatoms. The van der Waals surface area contributed by atoms with Gasteiger partial charge in [0.1, 0.15) is 11.5 Å². The van der Waals surface area contributed by atoms with Crippen molar-refractivity contribution in [1.82, 2.24) is 0 Å². The molecular weight excluding hydrogens is 364 g/mol. The molecule has 92 valence electrons. The van der Waals surface area contributed by atoms with Crippen LogP contribution in [0.2, 0.25) is 0 Å². The number of carbonyl (C=O) groups excluding carboxylic acids is 1. The number of phenolic OH excluding ortho intramolecular Hbond substituents is 1. The van der Waals surface area contributed by atoms with E-state index in [-0.39, 0.29) is 11.5 Å². The van der Waals surface area contributed by atoms with Crippen molar-refractivity contribution in [3.63, 3.8) is 0 Å². The molecule has 0 aromatic heterocycles. The molecule has 3 nitrogen and oxygen atoms in total. The highest BCUT2D eigenvalue weighted by Crippen LogP contribution is 2.35. The van der Waals surface area contributed by atoms with Crippen LogP contribution in [-0.4, -0.2) is 11.1 Å². The van der Waals surface area contributed by atoms with E-state index in [4.69, 9.17) is 4.74 Å². The van der Waals surface area contributed by atoms with Crippen molar-refractivity contribution < 1.29 is 14.6 Å². The van der Waals surface area contributed by atoms with Crippen LogP contribution in [0.5, 0.6) is 11.5 Å². The third kappa shape index (κ3) is 2.91. The van der Waals surface area contributed by atoms with E-state index in [1.807, 2.05) is 6.07 Å². The lowest BCUT2D eigenvalue weighted by molar-refractivity contribution is 0.0733. The fraction of sp³-hybridized carbons (Fsp3) is 0. The quantitative estimate of drug-likeness (QED) is 0.637. The molecule has 0 saturated carbocycles. The fourth-order valence-electron chi connectivity index (χ4n) is 1.33. The summed E-state index contributed by atoms with van der Waals surface area (Å²) >= 11 is 6.43. The fourth-order valence-corrected chi connectivity index (χ4v) is 2.40. The minimum atomic E-state index is -0.474. The summed E-state index contributed by atoms with van der Waals surface area (Å²) in [6, 6.07) is 11.6. The summed E-state index contributed by atoms with van der Waals surface area (Å²) in [7, 11) is 0. The predicted octanol–water partition coefficient (Wildman–Crippen LogP) is 4.14. The van der Waals surface area contributed by atoms with Crippen molar-refractivity contribution in [3.05, 3.63) is 57.0 Å². The van der Waals surface area contributed by atoms with E-state index >= 15 is 0 Å². The number of halogens is 2. The first-order valence-corrected chi connectivity index (χ1v) is 6.62. The summed E-state index contributed by atoms with van der Waals surface area (Å²) in [4.78, 5) is 11.8. The molecule has 0 aliphatic carbocycles. The van der Waals surface area contributed by atoms with Gasteiger partial charge >= 0.3 is 5.97 Å². The smallest absolute Gasteiger partial charge is 0.343 e. The molecule has 0 unspecified atom stereocenters. The molecule has 1 N–H and O–H groups in total. The molecule has 0 bridgehead atoms. The third-order valence-electron chi connectivity index (χ3n) is 2.21. The highest BCUT2D eigenvalue weighted by atomic mass is 79.9. The topological polar surface area (TPSA) is 46.5 Å². The van der Waals surface area contributed by atoms with Crippen LogP contribution >= 0.6 is 31.9 Å². The number of hydrogen-bond donors (Lipinski definition) is 1. The molecule has 0 saturated heterocycles. The highest BCUT2D eigenvalue weighted by Gasteiger charge is 2.12. The van der Waals surface area contributed by atoms with Crippen molar-refractivity contribution in [2.75, 3.05) is 0 Å². The highest BCUT2D eigenvalue weighted by molar-refractivity contribution is 9.11. The second-order valence-electron chi connectivity index (χ2n) is 3.49. The number of phenols is 1. The maximum Gasteiger partial charge on any atom is 0.343 e. The molecule has 0 amide bonds. The Balaban J connectivity index is 2.25. The number of rotatable bonds is 2. The summed E-state index contributed by atoms with van der Waals surface area (Å²) in [5.41, 5.74) is 0.451. The second kappa shape index (κ2) is 5.54. The summed E-state index contributed by atoms with van der Waals surface area (Å²) in [5, 5.41) is 9.55. The molecular formula is C13H8Br2O3. The molecule has 18 heavy (non-hydrogen) atoms.